The molecule has 0 aromatic heterocycles. The molecule has 0 saturated carbocycles. The summed E-state index contributed by atoms with van der Waals surface area (Å²) in [6, 6.07) is 5.00. The molecule has 0 atom stereocenters. The topological polar surface area (TPSA) is 107 Å². The van der Waals surface area contributed by atoms with E-state index in [1.807, 2.05) is 0 Å². The molecule has 116 valence electrons. The molecule has 21 heavy (non-hydrogen) atoms. The number of carbonyl (C=O) groups excluding carboxylic acids is 1. The molecule has 1 aromatic carbocycles. The lowest BCUT2D eigenvalue weighted by Gasteiger charge is -2.19. The lowest BCUT2D eigenvalue weighted by atomic mass is 10.3. The number of esters is 1. The molecule has 8 nitrogen and oxygen atoms in total. The molecule has 1 rings (SSSR count). The minimum absolute atomic E-state index is 0.00675. The van der Waals surface area contributed by atoms with Crippen molar-refractivity contribution in [1.82, 2.24) is 4.31 Å². The molecule has 0 N–H and O–H groups in total. The van der Waals surface area contributed by atoms with Gasteiger partial charge < -0.3 is 4.74 Å². The Morgan fingerprint density at radius 3 is 2.48 bits per heavy atom. The van der Waals surface area contributed by atoms with Crippen LogP contribution in [0.1, 0.15) is 13.8 Å². The molecule has 0 aliphatic rings. The molecule has 0 fully saturated rings. The number of hydrogen-bond donors (Lipinski definition) is 0. The quantitative estimate of drug-likeness (QED) is 0.424. The van der Waals surface area contributed by atoms with Crippen LogP contribution < -0.4 is 0 Å². The van der Waals surface area contributed by atoms with E-state index in [1.54, 1.807) is 6.92 Å². The summed E-state index contributed by atoms with van der Waals surface area (Å²) in [5.74, 6) is -0.707. The lowest BCUT2D eigenvalue weighted by Crippen LogP contribution is -2.36. The van der Waals surface area contributed by atoms with Crippen molar-refractivity contribution in [3.63, 3.8) is 0 Å². The summed E-state index contributed by atoms with van der Waals surface area (Å²) in [6.07, 6.45) is 0. The van der Waals surface area contributed by atoms with Crippen molar-refractivity contribution >= 4 is 21.7 Å². The molecule has 0 unspecified atom stereocenters. The first kappa shape index (κ1) is 17.1. The molecule has 0 heterocycles. The van der Waals surface area contributed by atoms with Crippen molar-refractivity contribution in [2.24, 2.45) is 0 Å². The Bertz CT molecular complexity index is 628. The van der Waals surface area contributed by atoms with Gasteiger partial charge in [0.05, 0.1) is 11.5 Å². The first-order chi connectivity index (χ1) is 9.84. The van der Waals surface area contributed by atoms with E-state index in [1.165, 1.54) is 19.1 Å². The Kier molecular flexibility index (Phi) is 5.79. The summed E-state index contributed by atoms with van der Waals surface area (Å²) in [6.45, 7) is 2.77. The fourth-order valence-electron chi connectivity index (χ4n) is 1.68. The zero-order valence-electron chi connectivity index (χ0n) is 11.7. The van der Waals surface area contributed by atoms with E-state index in [9.17, 15) is 23.3 Å². The predicted molar refractivity (Wildman–Crippen MR) is 74.2 cm³/mol. The molecular weight excluding hydrogens is 300 g/mol. The highest BCUT2D eigenvalue weighted by atomic mass is 32.2. The van der Waals surface area contributed by atoms with Gasteiger partial charge in [-0.2, -0.15) is 4.31 Å². The van der Waals surface area contributed by atoms with E-state index in [0.717, 1.165) is 16.4 Å². The summed E-state index contributed by atoms with van der Waals surface area (Å²) < 4.78 is 30.4. The molecule has 9 heteroatoms. The van der Waals surface area contributed by atoms with Crippen LogP contribution in [0, 0.1) is 10.1 Å². The van der Waals surface area contributed by atoms with Gasteiger partial charge in [0, 0.05) is 12.6 Å². The maximum atomic E-state index is 12.4. The lowest BCUT2D eigenvalue weighted by molar-refractivity contribution is -0.387. The van der Waals surface area contributed by atoms with Crippen LogP contribution in [0.5, 0.6) is 0 Å². The molecule has 0 radical (unpaired) electrons. The molecule has 0 saturated heterocycles. The highest BCUT2D eigenvalue weighted by Crippen LogP contribution is 2.26. The van der Waals surface area contributed by atoms with E-state index < -0.39 is 38.0 Å². The van der Waals surface area contributed by atoms with Gasteiger partial charge >= 0.3 is 5.97 Å². The van der Waals surface area contributed by atoms with Gasteiger partial charge in [-0.25, -0.2) is 8.42 Å². The van der Waals surface area contributed by atoms with Crippen molar-refractivity contribution in [2.75, 3.05) is 19.7 Å². The summed E-state index contributed by atoms with van der Waals surface area (Å²) in [5, 5.41) is 10.9. The standard InChI is InChI=1S/C12H16N2O6S/c1-3-13(9-12(15)20-4-2)21(18,19)11-8-6-5-7-10(11)14(16)17/h5-8H,3-4,9H2,1-2H3. The molecule has 0 spiro atoms. The summed E-state index contributed by atoms with van der Waals surface area (Å²) in [4.78, 5) is 21.2. The molecule has 0 amide bonds. The Balaban J connectivity index is 3.19. The van der Waals surface area contributed by atoms with E-state index in [-0.39, 0.29) is 13.2 Å². The van der Waals surface area contributed by atoms with Crippen molar-refractivity contribution in [3.05, 3.63) is 34.4 Å². The normalized spacial score (nSPS) is 11.4. The van der Waals surface area contributed by atoms with E-state index >= 15 is 0 Å². The average Bonchev–Trinajstić information content (AvgIpc) is 2.44. The number of sulfonamides is 1. The Labute approximate surface area is 122 Å². The van der Waals surface area contributed by atoms with Crippen LogP contribution in [0.25, 0.3) is 0 Å². The van der Waals surface area contributed by atoms with Crippen LogP contribution in [-0.4, -0.2) is 43.3 Å². The zero-order chi connectivity index (χ0) is 16.0. The second-order valence-corrected chi connectivity index (χ2v) is 5.87. The van der Waals surface area contributed by atoms with Crippen LogP contribution in [0.2, 0.25) is 0 Å². The number of nitrogens with zero attached hydrogens (tertiary/aromatic N) is 2. The maximum absolute atomic E-state index is 12.4. The molecule has 0 aliphatic heterocycles. The SMILES string of the molecule is CCOC(=O)CN(CC)S(=O)(=O)c1ccccc1[N+](=O)[O-]. The first-order valence-corrected chi connectivity index (χ1v) is 7.67. The van der Waals surface area contributed by atoms with E-state index in [0.29, 0.717) is 0 Å². The number of carbonyl (C=O) groups is 1. The first-order valence-electron chi connectivity index (χ1n) is 6.23. The van der Waals surface area contributed by atoms with Crippen molar-refractivity contribution in [3.8, 4) is 0 Å². The molecule has 0 aliphatic carbocycles. The van der Waals surface area contributed by atoms with Crippen LogP contribution in [-0.2, 0) is 19.6 Å². The van der Waals surface area contributed by atoms with Crippen LogP contribution >= 0.6 is 0 Å². The highest BCUT2D eigenvalue weighted by Gasteiger charge is 2.31. The fourth-order valence-corrected chi connectivity index (χ4v) is 3.23. The number of nitro groups is 1. The number of benzene rings is 1. The van der Waals surface area contributed by atoms with Crippen molar-refractivity contribution in [2.45, 2.75) is 18.7 Å². The predicted octanol–water partition coefficient (Wildman–Crippen LogP) is 1.17. The van der Waals surface area contributed by atoms with Crippen LogP contribution in [0.4, 0.5) is 5.69 Å². The fraction of sp³-hybridized carbons (Fsp3) is 0.417. The summed E-state index contributed by atoms with van der Waals surface area (Å²) >= 11 is 0. The van der Waals surface area contributed by atoms with Gasteiger partial charge in [-0.3, -0.25) is 14.9 Å². The van der Waals surface area contributed by atoms with Crippen LogP contribution in [0.3, 0.4) is 0 Å². The Hall–Kier alpha value is -2.00. The minimum atomic E-state index is -4.15. The van der Waals surface area contributed by atoms with Gasteiger partial charge in [0.15, 0.2) is 4.90 Å². The monoisotopic (exact) mass is 316 g/mol. The number of ether oxygens (including phenoxy) is 1. The second-order valence-electron chi connectivity index (χ2n) is 3.96. The second kappa shape index (κ2) is 7.14. The van der Waals surface area contributed by atoms with E-state index in [4.69, 9.17) is 4.74 Å². The number of rotatable bonds is 7. The summed E-state index contributed by atoms with van der Waals surface area (Å²) in [7, 11) is -4.15. The number of nitro benzene ring substituents is 1. The minimum Gasteiger partial charge on any atom is -0.465 e. The molecule has 0 bridgehead atoms. The summed E-state index contributed by atoms with van der Waals surface area (Å²) in [5.41, 5.74) is -0.528. The molecular formula is C12H16N2O6S. The Morgan fingerprint density at radius 1 is 1.33 bits per heavy atom. The Morgan fingerprint density at radius 2 is 1.95 bits per heavy atom. The smallest absolute Gasteiger partial charge is 0.321 e. The van der Waals surface area contributed by atoms with Crippen molar-refractivity contribution < 1.29 is 22.9 Å². The van der Waals surface area contributed by atoms with Gasteiger partial charge in [-0.1, -0.05) is 19.1 Å². The van der Waals surface area contributed by atoms with E-state index in [2.05, 4.69) is 0 Å². The highest BCUT2D eigenvalue weighted by molar-refractivity contribution is 7.89. The van der Waals surface area contributed by atoms with Crippen LogP contribution in [0.15, 0.2) is 29.2 Å². The van der Waals surface area contributed by atoms with Gasteiger partial charge in [0.1, 0.15) is 6.54 Å². The largest absolute Gasteiger partial charge is 0.465 e. The maximum Gasteiger partial charge on any atom is 0.321 e. The number of likely N-dealkylation sites (N-methyl/N-ethyl adjacent to an activating group) is 1. The third kappa shape index (κ3) is 3.99. The average molecular weight is 316 g/mol. The third-order valence-electron chi connectivity index (χ3n) is 2.64. The van der Waals surface area contributed by atoms with Gasteiger partial charge in [0.25, 0.3) is 5.69 Å². The zero-order valence-corrected chi connectivity index (χ0v) is 12.5. The van der Waals surface area contributed by atoms with Gasteiger partial charge in [-0.05, 0) is 13.0 Å². The van der Waals surface area contributed by atoms with Gasteiger partial charge in [-0.15, -0.1) is 0 Å². The number of hydrogen-bond acceptors (Lipinski definition) is 6. The number of para-hydroxylation sites is 1. The van der Waals surface area contributed by atoms with Gasteiger partial charge in [0.2, 0.25) is 10.0 Å². The molecule has 1 aromatic rings. The van der Waals surface area contributed by atoms with Crippen molar-refractivity contribution in [1.29, 1.82) is 0 Å². The third-order valence-corrected chi connectivity index (χ3v) is 4.61.